The van der Waals surface area contributed by atoms with Crippen LogP contribution in [0.15, 0.2) is 41.5 Å². The molecule has 2 aromatic rings. The number of hydrazone groups is 1. The minimum absolute atomic E-state index is 0.459. The summed E-state index contributed by atoms with van der Waals surface area (Å²) in [5.41, 5.74) is 7.12. The zero-order valence-electron chi connectivity index (χ0n) is 11.2. The monoisotopic (exact) mass is 338 g/mol. The van der Waals surface area contributed by atoms with Crippen LogP contribution in [0.2, 0.25) is 15.1 Å². The first-order chi connectivity index (χ1) is 10.1. The van der Waals surface area contributed by atoms with E-state index in [1.54, 1.807) is 12.1 Å². The minimum atomic E-state index is 0.459. The maximum absolute atomic E-state index is 6.15. The Labute approximate surface area is 138 Å². The molecule has 0 saturated heterocycles. The van der Waals surface area contributed by atoms with E-state index in [4.69, 9.17) is 34.8 Å². The van der Waals surface area contributed by atoms with Gasteiger partial charge in [0.05, 0.1) is 21.4 Å². The van der Waals surface area contributed by atoms with Crippen LogP contribution in [0.25, 0.3) is 0 Å². The maximum Gasteiger partial charge on any atom is 0.0935 e. The fourth-order valence-electron chi connectivity index (χ4n) is 2.49. The Kier molecular flexibility index (Phi) is 4.39. The van der Waals surface area contributed by atoms with Gasteiger partial charge in [-0.25, -0.2) is 0 Å². The van der Waals surface area contributed by atoms with Crippen LogP contribution in [-0.2, 0) is 6.42 Å². The molecule has 0 saturated carbocycles. The summed E-state index contributed by atoms with van der Waals surface area (Å²) in [5.74, 6) is 0. The van der Waals surface area contributed by atoms with E-state index in [9.17, 15) is 0 Å². The van der Waals surface area contributed by atoms with Gasteiger partial charge in [-0.15, -0.1) is 0 Å². The van der Waals surface area contributed by atoms with Crippen LogP contribution in [0, 0.1) is 0 Å². The summed E-state index contributed by atoms with van der Waals surface area (Å²) in [6, 6.07) is 11.6. The van der Waals surface area contributed by atoms with Gasteiger partial charge in [0.2, 0.25) is 0 Å². The van der Waals surface area contributed by atoms with Gasteiger partial charge in [-0.05, 0) is 37.0 Å². The van der Waals surface area contributed by atoms with Crippen LogP contribution in [-0.4, -0.2) is 5.71 Å². The molecule has 3 rings (SSSR count). The number of nitrogens with one attached hydrogen (secondary N) is 1. The van der Waals surface area contributed by atoms with Crippen LogP contribution in [0.5, 0.6) is 0 Å². The van der Waals surface area contributed by atoms with E-state index in [0.29, 0.717) is 20.8 Å². The third-order valence-electron chi connectivity index (χ3n) is 3.50. The molecule has 5 heteroatoms. The van der Waals surface area contributed by atoms with Crippen molar-refractivity contribution < 1.29 is 0 Å². The molecule has 0 bridgehead atoms. The fraction of sp³-hybridized carbons (Fsp3) is 0.188. The van der Waals surface area contributed by atoms with Crippen molar-refractivity contribution in [2.45, 2.75) is 19.3 Å². The van der Waals surface area contributed by atoms with Crippen LogP contribution >= 0.6 is 34.8 Å². The zero-order chi connectivity index (χ0) is 14.8. The first-order valence-corrected chi connectivity index (χ1v) is 7.84. The highest BCUT2D eigenvalue weighted by molar-refractivity contribution is 6.41. The predicted molar refractivity (Wildman–Crippen MR) is 91.0 cm³/mol. The number of nitrogens with zero attached hydrogens (tertiary/aromatic N) is 1. The van der Waals surface area contributed by atoms with Crippen molar-refractivity contribution in [1.29, 1.82) is 0 Å². The van der Waals surface area contributed by atoms with Crippen LogP contribution < -0.4 is 5.43 Å². The lowest BCUT2D eigenvalue weighted by molar-refractivity contribution is 0.837. The van der Waals surface area contributed by atoms with Crippen molar-refractivity contribution in [2.75, 3.05) is 5.43 Å². The van der Waals surface area contributed by atoms with Crippen LogP contribution in [0.1, 0.15) is 24.0 Å². The minimum Gasteiger partial charge on any atom is -0.275 e. The number of hydrogen-bond acceptors (Lipinski definition) is 2. The molecule has 0 unspecified atom stereocenters. The van der Waals surface area contributed by atoms with Gasteiger partial charge in [-0.1, -0.05) is 59.1 Å². The Morgan fingerprint density at radius 2 is 1.67 bits per heavy atom. The number of benzene rings is 2. The molecule has 1 N–H and O–H groups in total. The molecule has 0 heterocycles. The summed E-state index contributed by atoms with van der Waals surface area (Å²) < 4.78 is 0. The molecule has 0 aliphatic heterocycles. The Morgan fingerprint density at radius 1 is 0.952 bits per heavy atom. The maximum atomic E-state index is 6.15. The molecule has 21 heavy (non-hydrogen) atoms. The van der Waals surface area contributed by atoms with E-state index in [-0.39, 0.29) is 0 Å². The summed E-state index contributed by atoms with van der Waals surface area (Å²) in [5, 5.41) is 5.92. The van der Waals surface area contributed by atoms with Crippen molar-refractivity contribution in [3.63, 3.8) is 0 Å². The second-order valence-electron chi connectivity index (χ2n) is 4.93. The molecule has 108 valence electrons. The Hall–Kier alpha value is -1.22. The van der Waals surface area contributed by atoms with Crippen molar-refractivity contribution in [2.24, 2.45) is 5.10 Å². The molecule has 1 aliphatic carbocycles. The Morgan fingerprint density at radius 3 is 2.43 bits per heavy atom. The number of anilines is 1. The number of fused-ring (bicyclic) bond motifs is 1. The molecule has 0 fully saturated rings. The largest absolute Gasteiger partial charge is 0.275 e. The SMILES string of the molecule is Clc1cc(Cl)c(NN=C2CCCc3ccccc32)c(Cl)c1. The van der Waals surface area contributed by atoms with Gasteiger partial charge >= 0.3 is 0 Å². The van der Waals surface area contributed by atoms with E-state index < -0.39 is 0 Å². The van der Waals surface area contributed by atoms with Crippen LogP contribution in [0.4, 0.5) is 5.69 Å². The summed E-state index contributed by atoms with van der Waals surface area (Å²) >= 11 is 18.2. The Bertz CT molecular complexity index is 687. The second-order valence-corrected chi connectivity index (χ2v) is 6.18. The Balaban J connectivity index is 1.91. The zero-order valence-corrected chi connectivity index (χ0v) is 13.4. The van der Waals surface area contributed by atoms with E-state index in [1.165, 1.54) is 11.1 Å². The highest BCUT2D eigenvalue weighted by Gasteiger charge is 2.15. The predicted octanol–water partition coefficient (Wildman–Crippen LogP) is 5.80. The molecule has 0 radical (unpaired) electrons. The van der Waals surface area contributed by atoms with E-state index in [1.807, 2.05) is 6.07 Å². The molecular formula is C16H13Cl3N2. The number of aryl methyl sites for hydroxylation is 1. The molecular weight excluding hydrogens is 327 g/mol. The van der Waals surface area contributed by atoms with Gasteiger partial charge in [0.1, 0.15) is 0 Å². The lowest BCUT2D eigenvalue weighted by atomic mass is 9.90. The molecule has 1 aliphatic rings. The third-order valence-corrected chi connectivity index (χ3v) is 4.31. The average Bonchev–Trinajstić information content (AvgIpc) is 2.46. The number of hydrogen-bond donors (Lipinski definition) is 1. The summed E-state index contributed by atoms with van der Waals surface area (Å²) in [6.45, 7) is 0. The topological polar surface area (TPSA) is 24.4 Å². The highest BCUT2D eigenvalue weighted by atomic mass is 35.5. The van der Waals surface area contributed by atoms with Crippen molar-refractivity contribution in [1.82, 2.24) is 0 Å². The van der Waals surface area contributed by atoms with Crippen LogP contribution in [0.3, 0.4) is 0 Å². The molecule has 0 amide bonds. The second kappa shape index (κ2) is 6.27. The van der Waals surface area contributed by atoms with Gasteiger partial charge in [0, 0.05) is 10.6 Å². The number of rotatable bonds is 2. The van der Waals surface area contributed by atoms with Gasteiger partial charge in [0.15, 0.2) is 0 Å². The molecule has 0 atom stereocenters. The fourth-order valence-corrected chi connectivity index (χ4v) is 3.39. The van der Waals surface area contributed by atoms with Gasteiger partial charge in [0.25, 0.3) is 0 Å². The first-order valence-electron chi connectivity index (χ1n) is 6.70. The van der Waals surface area contributed by atoms with Crippen molar-refractivity contribution in [3.8, 4) is 0 Å². The molecule has 2 aromatic carbocycles. The third kappa shape index (κ3) is 3.18. The van der Waals surface area contributed by atoms with E-state index in [2.05, 4.69) is 28.7 Å². The van der Waals surface area contributed by atoms with Gasteiger partial charge in [-0.3, -0.25) is 5.43 Å². The van der Waals surface area contributed by atoms with Gasteiger partial charge < -0.3 is 0 Å². The van der Waals surface area contributed by atoms with Crippen molar-refractivity contribution >= 4 is 46.2 Å². The normalized spacial score (nSPS) is 15.9. The smallest absolute Gasteiger partial charge is 0.0935 e. The number of halogens is 3. The van der Waals surface area contributed by atoms with E-state index >= 15 is 0 Å². The highest BCUT2D eigenvalue weighted by Crippen LogP contribution is 2.34. The van der Waals surface area contributed by atoms with Gasteiger partial charge in [-0.2, -0.15) is 5.10 Å². The quantitative estimate of drug-likeness (QED) is 0.687. The van der Waals surface area contributed by atoms with E-state index in [0.717, 1.165) is 25.0 Å². The summed E-state index contributed by atoms with van der Waals surface area (Å²) in [4.78, 5) is 0. The lowest BCUT2D eigenvalue weighted by Crippen LogP contribution is -2.13. The molecule has 2 nitrogen and oxygen atoms in total. The summed E-state index contributed by atoms with van der Waals surface area (Å²) in [6.07, 6.45) is 3.13. The van der Waals surface area contributed by atoms with Crippen molar-refractivity contribution in [3.05, 3.63) is 62.6 Å². The molecule has 0 spiro atoms. The molecule has 0 aromatic heterocycles. The summed E-state index contributed by atoms with van der Waals surface area (Å²) in [7, 11) is 0. The standard InChI is InChI=1S/C16H13Cl3N2/c17-11-8-13(18)16(14(19)9-11)21-20-15-7-3-5-10-4-1-2-6-12(10)15/h1-2,4,6,8-9,21H,3,5,7H2. The average molecular weight is 340 g/mol. The lowest BCUT2D eigenvalue weighted by Gasteiger charge is -2.18. The first kappa shape index (κ1) is 14.7.